The molecule has 32 heavy (non-hydrogen) atoms. The molecule has 0 spiro atoms. The van der Waals surface area contributed by atoms with Gasteiger partial charge >= 0.3 is 0 Å². The molecule has 10 heteroatoms. The lowest BCUT2D eigenvalue weighted by Crippen LogP contribution is -2.39. The van der Waals surface area contributed by atoms with Gasteiger partial charge in [-0.2, -0.15) is 4.98 Å². The Bertz CT molecular complexity index is 1080. The first-order chi connectivity index (χ1) is 15.6. The number of carbonyl (C=O) groups is 1. The van der Waals surface area contributed by atoms with Crippen LogP contribution in [0.4, 0.5) is 5.82 Å². The summed E-state index contributed by atoms with van der Waals surface area (Å²) in [5.41, 5.74) is 7.59. The van der Waals surface area contributed by atoms with Crippen LogP contribution in [0.25, 0.3) is 12.0 Å². The highest BCUT2D eigenvalue weighted by molar-refractivity contribution is 5.81. The largest absolute Gasteiger partial charge is 0.485 e. The molecule has 4 rings (SSSR count). The predicted molar refractivity (Wildman–Crippen MR) is 120 cm³/mol. The number of hydrogen-bond acceptors (Lipinski definition) is 8. The third-order valence-electron chi connectivity index (χ3n) is 5.03. The molecule has 0 aromatic carbocycles. The van der Waals surface area contributed by atoms with Crippen molar-refractivity contribution in [3.63, 3.8) is 0 Å². The number of imidazole rings is 1. The number of fused-ring (bicyclic) bond motifs is 1. The molecule has 0 radical (unpaired) electrons. The Morgan fingerprint density at radius 3 is 3.09 bits per heavy atom. The lowest BCUT2D eigenvalue weighted by molar-refractivity contribution is -0.119. The summed E-state index contributed by atoms with van der Waals surface area (Å²) < 4.78 is 12.8. The summed E-state index contributed by atoms with van der Waals surface area (Å²) in [5, 5.41) is 2.98. The van der Waals surface area contributed by atoms with Gasteiger partial charge in [0.2, 0.25) is 11.9 Å². The zero-order valence-corrected chi connectivity index (χ0v) is 18.0. The van der Waals surface area contributed by atoms with Crippen molar-refractivity contribution in [2.24, 2.45) is 5.73 Å². The molecule has 3 aromatic heterocycles. The molecule has 1 aliphatic rings. The first-order valence-electron chi connectivity index (χ1n) is 10.6. The Hall–Kier alpha value is -3.66. The van der Waals surface area contributed by atoms with E-state index in [9.17, 15) is 4.79 Å². The predicted octanol–water partition coefficient (Wildman–Crippen LogP) is 1.70. The summed E-state index contributed by atoms with van der Waals surface area (Å²) in [6.45, 7) is 4.23. The summed E-state index contributed by atoms with van der Waals surface area (Å²) in [6.07, 6.45) is 10.1. The van der Waals surface area contributed by atoms with Gasteiger partial charge in [-0.15, -0.1) is 0 Å². The van der Waals surface area contributed by atoms with E-state index >= 15 is 0 Å². The van der Waals surface area contributed by atoms with Crippen molar-refractivity contribution in [1.82, 2.24) is 24.8 Å². The van der Waals surface area contributed by atoms with E-state index in [1.165, 1.54) is 0 Å². The van der Waals surface area contributed by atoms with Gasteiger partial charge in [-0.25, -0.2) is 9.97 Å². The third-order valence-corrected chi connectivity index (χ3v) is 5.03. The highest BCUT2D eigenvalue weighted by atomic mass is 16.5. The Morgan fingerprint density at radius 1 is 1.38 bits per heavy atom. The molecule has 3 aromatic rings. The standard InChI is InChI=1S/C22H27N7O3/c1-16-11-20(27-22(26-16)29-9-7-24-15-29)28(8-2-5-23)13-21(30)25-6-3-17-12-19-18(32-14-17)4-10-31-19/h4,7,9-12,15H,2-3,5-6,8,13-14,23H2,1H3,(H,25,30). The van der Waals surface area contributed by atoms with Gasteiger partial charge in [-0.05, 0) is 38.0 Å². The van der Waals surface area contributed by atoms with Crippen LogP contribution in [-0.2, 0) is 4.79 Å². The van der Waals surface area contributed by atoms with E-state index in [0.717, 1.165) is 29.2 Å². The second-order valence-corrected chi connectivity index (χ2v) is 7.54. The van der Waals surface area contributed by atoms with Crippen molar-refractivity contribution in [3.05, 3.63) is 54.1 Å². The number of amides is 1. The van der Waals surface area contributed by atoms with Crippen LogP contribution in [0.3, 0.4) is 0 Å². The lowest BCUT2D eigenvalue weighted by Gasteiger charge is -2.24. The van der Waals surface area contributed by atoms with Gasteiger partial charge in [0.15, 0.2) is 11.5 Å². The maximum atomic E-state index is 12.7. The monoisotopic (exact) mass is 437 g/mol. The topological polar surface area (TPSA) is 124 Å². The van der Waals surface area contributed by atoms with Gasteiger partial charge in [-0.1, -0.05) is 0 Å². The summed E-state index contributed by atoms with van der Waals surface area (Å²) in [6, 6.07) is 3.67. The van der Waals surface area contributed by atoms with Crippen LogP contribution in [0.5, 0.6) is 5.75 Å². The molecule has 4 heterocycles. The van der Waals surface area contributed by atoms with Crippen LogP contribution < -0.4 is 20.7 Å². The van der Waals surface area contributed by atoms with Gasteiger partial charge in [0.1, 0.15) is 18.8 Å². The van der Waals surface area contributed by atoms with E-state index in [4.69, 9.17) is 14.9 Å². The molecular weight excluding hydrogens is 410 g/mol. The lowest BCUT2D eigenvalue weighted by atomic mass is 10.1. The van der Waals surface area contributed by atoms with Gasteiger partial charge < -0.3 is 25.1 Å². The molecule has 0 atom stereocenters. The Kier molecular flexibility index (Phi) is 6.81. The maximum absolute atomic E-state index is 12.7. The van der Waals surface area contributed by atoms with Crippen molar-refractivity contribution in [1.29, 1.82) is 0 Å². The highest BCUT2D eigenvalue weighted by Gasteiger charge is 2.17. The molecule has 0 saturated carbocycles. The molecule has 0 aliphatic carbocycles. The molecule has 1 amide bonds. The Labute approximate surface area is 186 Å². The van der Waals surface area contributed by atoms with E-state index in [-0.39, 0.29) is 12.5 Å². The number of nitrogens with zero attached hydrogens (tertiary/aromatic N) is 5. The van der Waals surface area contributed by atoms with Gasteiger partial charge in [0, 0.05) is 43.3 Å². The van der Waals surface area contributed by atoms with Crippen LogP contribution in [-0.4, -0.2) is 58.2 Å². The second kappa shape index (κ2) is 10.1. The fraction of sp³-hybridized carbons (Fsp3) is 0.364. The molecule has 3 N–H and O–H groups in total. The van der Waals surface area contributed by atoms with Crippen LogP contribution >= 0.6 is 0 Å². The zero-order chi connectivity index (χ0) is 22.3. The average molecular weight is 438 g/mol. The van der Waals surface area contributed by atoms with E-state index in [2.05, 4.69) is 20.3 Å². The third kappa shape index (κ3) is 5.33. The first kappa shape index (κ1) is 21.6. The number of aromatic nitrogens is 4. The molecule has 168 valence electrons. The van der Waals surface area contributed by atoms with Gasteiger partial charge in [0.25, 0.3) is 0 Å². The molecule has 10 nitrogen and oxygen atoms in total. The number of nitrogens with one attached hydrogen (secondary N) is 1. The van der Waals surface area contributed by atoms with E-state index < -0.39 is 0 Å². The minimum atomic E-state index is -0.0847. The SMILES string of the molecule is Cc1cc(N(CCCN)CC(=O)NCCC2=Cc3occc3OC2)nc(-n2ccnc2)n1. The minimum absolute atomic E-state index is 0.0847. The first-order valence-corrected chi connectivity index (χ1v) is 10.6. The van der Waals surface area contributed by atoms with Crippen LogP contribution in [0.1, 0.15) is 24.3 Å². The number of rotatable bonds is 10. The number of furan rings is 1. The number of hydrogen-bond donors (Lipinski definition) is 2. The molecular formula is C22H27N7O3. The van der Waals surface area contributed by atoms with E-state index in [0.29, 0.717) is 44.4 Å². The fourth-order valence-electron chi connectivity index (χ4n) is 3.42. The zero-order valence-electron chi connectivity index (χ0n) is 18.0. The second-order valence-electron chi connectivity index (χ2n) is 7.54. The number of aryl methyl sites for hydroxylation is 1. The number of nitrogens with two attached hydrogens (primary N) is 1. The van der Waals surface area contributed by atoms with Crippen molar-refractivity contribution >= 4 is 17.8 Å². The van der Waals surface area contributed by atoms with Crippen molar-refractivity contribution in [3.8, 4) is 11.7 Å². The summed E-state index contributed by atoms with van der Waals surface area (Å²) in [7, 11) is 0. The highest BCUT2D eigenvalue weighted by Crippen LogP contribution is 2.27. The number of carbonyl (C=O) groups excluding carboxylic acids is 1. The van der Waals surface area contributed by atoms with Gasteiger partial charge in [0.05, 0.1) is 12.8 Å². The summed E-state index contributed by atoms with van der Waals surface area (Å²) in [5.74, 6) is 2.58. The molecule has 0 saturated heterocycles. The smallest absolute Gasteiger partial charge is 0.239 e. The Morgan fingerprint density at radius 2 is 2.28 bits per heavy atom. The van der Waals surface area contributed by atoms with Crippen molar-refractivity contribution < 1.29 is 13.9 Å². The maximum Gasteiger partial charge on any atom is 0.239 e. The van der Waals surface area contributed by atoms with Crippen LogP contribution in [0.2, 0.25) is 0 Å². The molecule has 0 bridgehead atoms. The number of ether oxygens (including phenoxy) is 1. The van der Waals surface area contributed by atoms with E-state index in [1.54, 1.807) is 35.6 Å². The van der Waals surface area contributed by atoms with Crippen molar-refractivity contribution in [2.75, 3.05) is 37.7 Å². The van der Waals surface area contributed by atoms with Gasteiger partial charge in [-0.3, -0.25) is 9.36 Å². The minimum Gasteiger partial charge on any atom is -0.485 e. The number of anilines is 1. The average Bonchev–Trinajstić information content (AvgIpc) is 3.48. The molecule has 0 fully saturated rings. The fourth-order valence-corrected chi connectivity index (χ4v) is 3.42. The normalized spacial score (nSPS) is 12.6. The van der Waals surface area contributed by atoms with Crippen LogP contribution in [0, 0.1) is 6.92 Å². The Balaban J connectivity index is 1.38. The van der Waals surface area contributed by atoms with Crippen LogP contribution in [0.15, 0.2) is 47.1 Å². The summed E-state index contributed by atoms with van der Waals surface area (Å²) >= 11 is 0. The summed E-state index contributed by atoms with van der Waals surface area (Å²) in [4.78, 5) is 27.8. The quantitative estimate of drug-likeness (QED) is 0.491. The van der Waals surface area contributed by atoms with E-state index in [1.807, 2.05) is 24.0 Å². The van der Waals surface area contributed by atoms with Crippen molar-refractivity contribution in [2.45, 2.75) is 19.8 Å². The molecule has 0 unspecified atom stereocenters. The molecule has 1 aliphatic heterocycles.